The molecule has 4 heteroatoms. The molecule has 0 radical (unpaired) electrons. The van der Waals surface area contributed by atoms with Gasteiger partial charge in [0.25, 0.3) is 0 Å². The van der Waals surface area contributed by atoms with Gasteiger partial charge in [-0.15, -0.1) is 5.75 Å². The third kappa shape index (κ3) is 4.10. The molecule has 3 nitrogen and oxygen atoms in total. The van der Waals surface area contributed by atoms with Gasteiger partial charge >= 0.3 is 51.4 Å². The molecular formula is C13H12KNO2. The van der Waals surface area contributed by atoms with Gasteiger partial charge in [0.05, 0.1) is 0 Å². The predicted octanol–water partition coefficient (Wildman–Crippen LogP) is -1.39. The van der Waals surface area contributed by atoms with Crippen LogP contribution in [-0.4, -0.2) is 0 Å². The van der Waals surface area contributed by atoms with Crippen LogP contribution >= 0.6 is 0 Å². The third-order valence-electron chi connectivity index (χ3n) is 2.40. The SMILES string of the molecule is NOc1ccc([O-])cc1Cc1ccccc1.[K+]. The van der Waals surface area contributed by atoms with Gasteiger partial charge in [0.2, 0.25) is 0 Å². The summed E-state index contributed by atoms with van der Waals surface area (Å²) in [7, 11) is 0. The summed E-state index contributed by atoms with van der Waals surface area (Å²) in [5, 5.41) is 11.3. The second-order valence-corrected chi connectivity index (χ2v) is 3.55. The summed E-state index contributed by atoms with van der Waals surface area (Å²) < 4.78 is 0. The Morgan fingerprint density at radius 2 is 1.76 bits per heavy atom. The number of hydrogen-bond donors (Lipinski definition) is 1. The second kappa shape index (κ2) is 7.16. The summed E-state index contributed by atoms with van der Waals surface area (Å²) in [4.78, 5) is 4.73. The molecule has 0 aliphatic carbocycles. The Morgan fingerprint density at radius 3 is 2.41 bits per heavy atom. The van der Waals surface area contributed by atoms with Crippen LogP contribution in [0.25, 0.3) is 0 Å². The van der Waals surface area contributed by atoms with Gasteiger partial charge in [0.15, 0.2) is 0 Å². The number of hydrogen-bond acceptors (Lipinski definition) is 3. The molecule has 82 valence electrons. The van der Waals surface area contributed by atoms with Crippen LogP contribution in [0.15, 0.2) is 48.5 Å². The summed E-state index contributed by atoms with van der Waals surface area (Å²) in [5.74, 6) is 5.66. The molecule has 2 aromatic rings. The Labute approximate surface area is 143 Å². The molecule has 2 aromatic carbocycles. The summed E-state index contributed by atoms with van der Waals surface area (Å²) in [6.45, 7) is 0. The normalized spacial score (nSPS) is 9.47. The monoisotopic (exact) mass is 253 g/mol. The minimum absolute atomic E-state index is 0. The Balaban J connectivity index is 0.00000144. The second-order valence-electron chi connectivity index (χ2n) is 3.55. The van der Waals surface area contributed by atoms with E-state index in [4.69, 9.17) is 10.7 Å². The van der Waals surface area contributed by atoms with Gasteiger partial charge in [-0.05, 0) is 11.6 Å². The Bertz CT molecular complexity index is 474. The smallest absolute Gasteiger partial charge is 0.872 e. The van der Waals surface area contributed by atoms with E-state index < -0.39 is 0 Å². The van der Waals surface area contributed by atoms with Crippen LogP contribution < -0.4 is 67.2 Å². The van der Waals surface area contributed by atoms with Crippen LogP contribution in [0.4, 0.5) is 0 Å². The number of benzene rings is 2. The van der Waals surface area contributed by atoms with Crippen molar-refractivity contribution in [1.29, 1.82) is 0 Å². The van der Waals surface area contributed by atoms with Crippen molar-refractivity contribution >= 4 is 0 Å². The topological polar surface area (TPSA) is 58.3 Å². The first-order chi connectivity index (χ1) is 7.79. The van der Waals surface area contributed by atoms with Crippen molar-refractivity contribution in [2.45, 2.75) is 6.42 Å². The molecule has 0 unspecified atom stereocenters. The van der Waals surface area contributed by atoms with Crippen LogP contribution in [-0.2, 0) is 6.42 Å². The van der Waals surface area contributed by atoms with Crippen LogP contribution in [0.5, 0.6) is 11.5 Å². The van der Waals surface area contributed by atoms with E-state index in [9.17, 15) is 5.11 Å². The Hall–Kier alpha value is -0.364. The maximum Gasteiger partial charge on any atom is 1.00 e. The van der Waals surface area contributed by atoms with Crippen molar-refractivity contribution in [3.05, 3.63) is 59.7 Å². The molecule has 0 saturated heterocycles. The molecule has 0 atom stereocenters. The molecule has 17 heavy (non-hydrogen) atoms. The fourth-order valence-electron chi connectivity index (χ4n) is 1.62. The summed E-state index contributed by atoms with van der Waals surface area (Å²) >= 11 is 0. The average molecular weight is 253 g/mol. The first kappa shape index (κ1) is 14.7. The van der Waals surface area contributed by atoms with Crippen LogP contribution in [0.3, 0.4) is 0 Å². The molecule has 2 rings (SSSR count). The van der Waals surface area contributed by atoms with Gasteiger partial charge in [0, 0.05) is 12.0 Å². The number of nitrogens with two attached hydrogens (primary N) is 1. The molecule has 0 amide bonds. The van der Waals surface area contributed by atoms with Crippen LogP contribution in [0.2, 0.25) is 0 Å². The molecule has 0 spiro atoms. The molecular weight excluding hydrogens is 241 g/mol. The minimum atomic E-state index is -0.0354. The van der Waals surface area contributed by atoms with Crippen molar-refractivity contribution in [2.24, 2.45) is 5.90 Å². The molecule has 2 N–H and O–H groups in total. The van der Waals surface area contributed by atoms with E-state index in [1.54, 1.807) is 12.1 Å². The predicted molar refractivity (Wildman–Crippen MR) is 60.0 cm³/mol. The van der Waals surface area contributed by atoms with Crippen molar-refractivity contribution in [1.82, 2.24) is 0 Å². The molecule has 0 aromatic heterocycles. The van der Waals surface area contributed by atoms with E-state index in [1.807, 2.05) is 30.3 Å². The molecule has 0 saturated carbocycles. The molecule has 0 bridgehead atoms. The summed E-state index contributed by atoms with van der Waals surface area (Å²) in [6.07, 6.45) is 0.642. The fourth-order valence-corrected chi connectivity index (χ4v) is 1.62. The first-order valence-electron chi connectivity index (χ1n) is 5.00. The van der Waals surface area contributed by atoms with E-state index in [-0.39, 0.29) is 57.1 Å². The summed E-state index contributed by atoms with van der Waals surface area (Å²) in [6, 6.07) is 14.5. The van der Waals surface area contributed by atoms with E-state index in [1.165, 1.54) is 6.07 Å². The van der Waals surface area contributed by atoms with Gasteiger partial charge in [-0.1, -0.05) is 42.5 Å². The van der Waals surface area contributed by atoms with Crippen molar-refractivity contribution < 1.29 is 61.3 Å². The zero-order chi connectivity index (χ0) is 11.4. The minimum Gasteiger partial charge on any atom is -0.872 e. The zero-order valence-electron chi connectivity index (χ0n) is 9.72. The van der Waals surface area contributed by atoms with Gasteiger partial charge in [0.1, 0.15) is 5.75 Å². The molecule has 0 fully saturated rings. The quantitative estimate of drug-likeness (QED) is 0.541. The van der Waals surface area contributed by atoms with E-state index in [2.05, 4.69) is 0 Å². The van der Waals surface area contributed by atoms with Gasteiger partial charge in [-0.3, -0.25) is 0 Å². The number of rotatable bonds is 3. The first-order valence-corrected chi connectivity index (χ1v) is 5.00. The maximum atomic E-state index is 11.3. The van der Waals surface area contributed by atoms with Crippen LogP contribution in [0.1, 0.15) is 11.1 Å². The van der Waals surface area contributed by atoms with Gasteiger partial charge in [-0.2, -0.15) is 5.90 Å². The maximum absolute atomic E-state index is 11.3. The van der Waals surface area contributed by atoms with E-state index in [0.717, 1.165) is 11.1 Å². The summed E-state index contributed by atoms with van der Waals surface area (Å²) in [5.41, 5.74) is 1.92. The standard InChI is InChI=1S/C13H13NO2.K/c14-16-13-7-6-12(15)9-11(13)8-10-4-2-1-3-5-10;/h1-7,9,15H,8,14H2;/q;+1/p-1. The Morgan fingerprint density at radius 1 is 1.06 bits per heavy atom. The largest absolute Gasteiger partial charge is 1.00 e. The van der Waals surface area contributed by atoms with Gasteiger partial charge < -0.3 is 9.94 Å². The molecule has 0 aliphatic heterocycles. The van der Waals surface area contributed by atoms with E-state index in [0.29, 0.717) is 12.2 Å². The van der Waals surface area contributed by atoms with E-state index >= 15 is 0 Å². The van der Waals surface area contributed by atoms with Crippen molar-refractivity contribution in [3.8, 4) is 11.5 Å². The molecule has 0 aliphatic rings. The molecule has 0 heterocycles. The zero-order valence-corrected chi connectivity index (χ0v) is 12.8. The average Bonchev–Trinajstić information content (AvgIpc) is 2.31. The fraction of sp³-hybridized carbons (Fsp3) is 0.0769. The van der Waals surface area contributed by atoms with Crippen molar-refractivity contribution in [2.75, 3.05) is 0 Å². The van der Waals surface area contributed by atoms with Gasteiger partial charge in [-0.25, -0.2) is 0 Å². The van der Waals surface area contributed by atoms with Crippen LogP contribution in [0, 0.1) is 0 Å². The van der Waals surface area contributed by atoms with Crippen molar-refractivity contribution in [3.63, 3.8) is 0 Å². The third-order valence-corrected chi connectivity index (χ3v) is 2.40. The Kier molecular flexibility index (Phi) is 6.19.